The molecule has 0 bridgehead atoms. The van der Waals surface area contributed by atoms with Gasteiger partial charge in [0.25, 0.3) is 0 Å². The lowest BCUT2D eigenvalue weighted by atomic mass is 9.77. The number of carbonyl (C=O) groups excluding carboxylic acids is 2. The lowest BCUT2D eigenvalue weighted by Gasteiger charge is -2.52. The molecule has 2 saturated heterocycles. The van der Waals surface area contributed by atoms with Crippen molar-refractivity contribution in [3.05, 3.63) is 35.9 Å². The Balaban J connectivity index is 1.77. The second-order valence-corrected chi connectivity index (χ2v) is 9.01. The Morgan fingerprint density at radius 3 is 2.55 bits per heavy atom. The third-order valence-electron chi connectivity index (χ3n) is 6.85. The van der Waals surface area contributed by atoms with Crippen molar-refractivity contribution in [3.8, 4) is 0 Å². The van der Waals surface area contributed by atoms with Crippen molar-refractivity contribution in [2.45, 2.75) is 82.5 Å². The summed E-state index contributed by atoms with van der Waals surface area (Å²) in [5, 5.41) is 13.0. The number of likely N-dealkylation sites (tertiary alicyclic amines) is 1. The van der Waals surface area contributed by atoms with Crippen molar-refractivity contribution in [3.63, 3.8) is 0 Å². The van der Waals surface area contributed by atoms with Gasteiger partial charge in [0.2, 0.25) is 5.91 Å². The van der Waals surface area contributed by atoms with Gasteiger partial charge in [-0.25, -0.2) is 4.79 Å². The molecule has 1 aromatic carbocycles. The molecular formula is C25H36N2O6. The molecule has 1 amide bonds. The normalized spacial score (nSPS) is 21.9. The number of esters is 1. The van der Waals surface area contributed by atoms with E-state index in [-0.39, 0.29) is 12.5 Å². The molecule has 2 heterocycles. The van der Waals surface area contributed by atoms with Crippen LogP contribution in [0.1, 0.15) is 57.9 Å². The number of hydrogen-bond acceptors (Lipinski definition) is 6. The van der Waals surface area contributed by atoms with Crippen LogP contribution in [-0.2, 0) is 30.3 Å². The Bertz CT molecular complexity index is 803. The molecule has 3 atom stereocenters. The van der Waals surface area contributed by atoms with Crippen LogP contribution in [0.4, 0.5) is 0 Å². The van der Waals surface area contributed by atoms with Crippen molar-refractivity contribution in [2.75, 3.05) is 19.8 Å². The topological polar surface area (TPSA) is 105 Å². The van der Waals surface area contributed by atoms with Gasteiger partial charge in [0.1, 0.15) is 12.1 Å². The first kappa shape index (κ1) is 25.2. The molecule has 8 nitrogen and oxygen atoms in total. The van der Waals surface area contributed by atoms with E-state index in [1.807, 2.05) is 30.3 Å². The number of piperidine rings is 1. The molecule has 0 saturated carbocycles. The van der Waals surface area contributed by atoms with E-state index in [1.165, 1.54) is 0 Å². The highest BCUT2D eigenvalue weighted by atomic mass is 16.5. The zero-order valence-corrected chi connectivity index (χ0v) is 19.6. The molecule has 33 heavy (non-hydrogen) atoms. The van der Waals surface area contributed by atoms with Crippen LogP contribution in [0.3, 0.4) is 0 Å². The average Bonchev–Trinajstić information content (AvgIpc) is 2.82. The van der Waals surface area contributed by atoms with Gasteiger partial charge in [-0.3, -0.25) is 14.9 Å². The van der Waals surface area contributed by atoms with E-state index in [4.69, 9.17) is 9.47 Å². The summed E-state index contributed by atoms with van der Waals surface area (Å²) in [5.74, 6) is -1.66. The van der Waals surface area contributed by atoms with E-state index in [0.29, 0.717) is 45.3 Å². The van der Waals surface area contributed by atoms with Crippen LogP contribution in [0.25, 0.3) is 0 Å². The van der Waals surface area contributed by atoms with E-state index < -0.39 is 35.6 Å². The van der Waals surface area contributed by atoms with Gasteiger partial charge in [0.05, 0.1) is 12.6 Å². The van der Waals surface area contributed by atoms with Crippen molar-refractivity contribution in [1.82, 2.24) is 10.2 Å². The van der Waals surface area contributed by atoms with Gasteiger partial charge in [0, 0.05) is 18.8 Å². The zero-order chi connectivity index (χ0) is 23.8. The number of aliphatic carboxylic acids is 1. The van der Waals surface area contributed by atoms with Crippen LogP contribution >= 0.6 is 0 Å². The van der Waals surface area contributed by atoms with Gasteiger partial charge in [-0.05, 0) is 64.4 Å². The summed E-state index contributed by atoms with van der Waals surface area (Å²) in [5.41, 5.74) is 0.589. The second kappa shape index (κ2) is 11.6. The molecule has 8 heteroatoms. The number of aryl methyl sites for hydroxylation is 1. The van der Waals surface area contributed by atoms with Crippen LogP contribution in [0.5, 0.6) is 0 Å². The van der Waals surface area contributed by atoms with Crippen molar-refractivity contribution < 1.29 is 29.0 Å². The number of nitrogens with one attached hydrogen (secondary N) is 1. The molecule has 2 N–H and O–H groups in total. The lowest BCUT2D eigenvalue weighted by Crippen LogP contribution is -2.66. The number of nitrogens with zero attached hydrogens (tertiary/aromatic N) is 1. The van der Waals surface area contributed by atoms with Crippen LogP contribution in [0.15, 0.2) is 30.3 Å². The van der Waals surface area contributed by atoms with Crippen LogP contribution in [0.2, 0.25) is 0 Å². The summed E-state index contributed by atoms with van der Waals surface area (Å²) < 4.78 is 10.8. The standard InChI is InChI=1S/C25H36N2O6/c1-3-33-24(31)20(12-11-19-8-5-4-6-9-19)26-18(2)22(28)27-21(23(29)30)10-7-13-25(27)14-16-32-17-15-25/h4-6,8-9,18,20-21,26H,3,7,10-17H2,1-2H3,(H,29,30)/t18-,20?,21-/m0/s1. The molecule has 3 rings (SSSR count). The Morgan fingerprint density at radius 2 is 1.91 bits per heavy atom. The fourth-order valence-electron chi connectivity index (χ4n) is 5.12. The van der Waals surface area contributed by atoms with E-state index >= 15 is 0 Å². The van der Waals surface area contributed by atoms with Gasteiger partial charge in [-0.2, -0.15) is 0 Å². The Kier molecular flexibility index (Phi) is 8.86. The second-order valence-electron chi connectivity index (χ2n) is 9.01. The van der Waals surface area contributed by atoms with Gasteiger partial charge >= 0.3 is 11.9 Å². The SMILES string of the molecule is CCOC(=O)C(CCc1ccccc1)N[C@@H](C)C(=O)N1[C@H](C(=O)O)CCCC12CCOCC2. The predicted octanol–water partition coefficient (Wildman–Crippen LogP) is 2.54. The van der Waals surface area contributed by atoms with Gasteiger partial charge in [-0.1, -0.05) is 30.3 Å². The summed E-state index contributed by atoms with van der Waals surface area (Å²) in [6.07, 6.45) is 4.36. The summed E-state index contributed by atoms with van der Waals surface area (Å²) in [7, 11) is 0. The highest BCUT2D eigenvalue weighted by molar-refractivity contribution is 5.88. The molecule has 182 valence electrons. The third kappa shape index (κ3) is 6.12. The van der Waals surface area contributed by atoms with Gasteiger partial charge in [0.15, 0.2) is 0 Å². The number of ether oxygens (including phenoxy) is 2. The summed E-state index contributed by atoms with van der Waals surface area (Å²) in [4.78, 5) is 40.0. The number of hydrogen-bond donors (Lipinski definition) is 2. The predicted molar refractivity (Wildman–Crippen MR) is 123 cm³/mol. The molecule has 1 spiro atoms. The maximum atomic E-state index is 13.7. The van der Waals surface area contributed by atoms with Crippen molar-refractivity contribution in [2.24, 2.45) is 0 Å². The van der Waals surface area contributed by atoms with E-state index in [1.54, 1.807) is 18.7 Å². The molecule has 0 radical (unpaired) electrons. The first-order valence-electron chi connectivity index (χ1n) is 12.0. The molecular weight excluding hydrogens is 424 g/mol. The van der Waals surface area contributed by atoms with E-state index in [9.17, 15) is 19.5 Å². The smallest absolute Gasteiger partial charge is 0.326 e. The Hall–Kier alpha value is -2.45. The van der Waals surface area contributed by atoms with Gasteiger partial charge in [-0.15, -0.1) is 0 Å². The number of carboxylic acids is 1. The maximum Gasteiger partial charge on any atom is 0.326 e. The quantitative estimate of drug-likeness (QED) is 0.546. The minimum absolute atomic E-state index is 0.251. The molecule has 2 aliphatic rings. The average molecular weight is 461 g/mol. The number of rotatable bonds is 9. The van der Waals surface area contributed by atoms with Gasteiger partial charge < -0.3 is 19.5 Å². The first-order valence-corrected chi connectivity index (χ1v) is 12.0. The van der Waals surface area contributed by atoms with Crippen molar-refractivity contribution >= 4 is 17.8 Å². The van der Waals surface area contributed by atoms with Crippen LogP contribution in [0, 0.1) is 0 Å². The van der Waals surface area contributed by atoms with E-state index in [2.05, 4.69) is 5.32 Å². The van der Waals surface area contributed by atoms with Crippen molar-refractivity contribution in [1.29, 1.82) is 0 Å². The fraction of sp³-hybridized carbons (Fsp3) is 0.640. The number of carboxylic acid groups (broad SMARTS) is 1. The Labute approximate surface area is 195 Å². The number of carbonyl (C=O) groups is 3. The largest absolute Gasteiger partial charge is 0.480 e. The Morgan fingerprint density at radius 1 is 1.21 bits per heavy atom. The van der Waals surface area contributed by atoms with Crippen LogP contribution in [-0.4, -0.2) is 71.3 Å². The molecule has 1 aromatic rings. The third-order valence-corrected chi connectivity index (χ3v) is 6.85. The molecule has 0 aliphatic carbocycles. The fourth-order valence-corrected chi connectivity index (χ4v) is 5.12. The lowest BCUT2D eigenvalue weighted by molar-refractivity contribution is -0.167. The maximum absolute atomic E-state index is 13.7. The highest BCUT2D eigenvalue weighted by Crippen LogP contribution is 2.40. The number of amides is 1. The van der Waals surface area contributed by atoms with E-state index in [0.717, 1.165) is 18.4 Å². The molecule has 1 unspecified atom stereocenters. The monoisotopic (exact) mass is 460 g/mol. The molecule has 0 aromatic heterocycles. The first-order chi connectivity index (χ1) is 15.9. The highest BCUT2D eigenvalue weighted by Gasteiger charge is 2.50. The zero-order valence-electron chi connectivity index (χ0n) is 19.6. The minimum atomic E-state index is -0.980. The summed E-state index contributed by atoms with van der Waals surface area (Å²) in [6.45, 7) is 4.74. The number of benzene rings is 1. The molecule has 2 fully saturated rings. The molecule has 2 aliphatic heterocycles. The van der Waals surface area contributed by atoms with Crippen LogP contribution < -0.4 is 5.32 Å². The summed E-state index contributed by atoms with van der Waals surface area (Å²) >= 11 is 0. The minimum Gasteiger partial charge on any atom is -0.480 e. The summed E-state index contributed by atoms with van der Waals surface area (Å²) in [6, 6.07) is 7.58.